The van der Waals surface area contributed by atoms with E-state index in [2.05, 4.69) is 39.5 Å². The lowest BCUT2D eigenvalue weighted by molar-refractivity contribution is -0.133. The van der Waals surface area contributed by atoms with Gasteiger partial charge in [-0.3, -0.25) is 9.69 Å². The molecule has 2 aromatic rings. The van der Waals surface area contributed by atoms with Crippen LogP contribution in [0.3, 0.4) is 0 Å². The molecule has 1 fully saturated rings. The maximum absolute atomic E-state index is 12.7. The van der Waals surface area contributed by atoms with Gasteiger partial charge in [0.05, 0.1) is 19.0 Å². The number of nitrogens with one attached hydrogen (secondary N) is 1. The first-order valence-electron chi connectivity index (χ1n) is 8.97. The second-order valence-corrected chi connectivity index (χ2v) is 6.54. The molecule has 2 heterocycles. The Morgan fingerprint density at radius 1 is 1.15 bits per heavy atom. The highest BCUT2D eigenvalue weighted by molar-refractivity contribution is 5.84. The molecule has 1 atom stereocenters. The van der Waals surface area contributed by atoms with Gasteiger partial charge >= 0.3 is 0 Å². The molecule has 26 heavy (non-hydrogen) atoms. The van der Waals surface area contributed by atoms with Crippen LogP contribution in [-0.4, -0.2) is 60.0 Å². The Kier molecular flexibility index (Phi) is 6.07. The number of aromatic nitrogens is 1. The van der Waals surface area contributed by atoms with Gasteiger partial charge in [0.2, 0.25) is 11.8 Å². The average molecular weight is 354 g/mol. The van der Waals surface area contributed by atoms with Gasteiger partial charge in [0, 0.05) is 38.8 Å². The SMILES string of the molecule is COc1ccc(NC(C)C(=O)N2CCN(Cc3ccccc3)CC2)cn1. The third-order valence-corrected chi connectivity index (χ3v) is 4.63. The fourth-order valence-electron chi connectivity index (χ4n) is 3.14. The minimum absolute atomic E-state index is 0.125. The van der Waals surface area contributed by atoms with E-state index in [1.807, 2.05) is 24.0 Å². The van der Waals surface area contributed by atoms with E-state index in [1.165, 1.54) is 5.56 Å². The van der Waals surface area contributed by atoms with Crippen LogP contribution in [0.4, 0.5) is 5.69 Å². The predicted molar refractivity (Wildman–Crippen MR) is 102 cm³/mol. The van der Waals surface area contributed by atoms with Crippen LogP contribution in [0.15, 0.2) is 48.7 Å². The third kappa shape index (κ3) is 4.73. The zero-order valence-electron chi connectivity index (χ0n) is 15.4. The number of methoxy groups -OCH3 is 1. The lowest BCUT2D eigenvalue weighted by atomic mass is 10.2. The van der Waals surface area contributed by atoms with E-state index in [9.17, 15) is 4.79 Å². The second-order valence-electron chi connectivity index (χ2n) is 6.54. The van der Waals surface area contributed by atoms with Crippen molar-refractivity contribution in [2.45, 2.75) is 19.5 Å². The maximum atomic E-state index is 12.7. The molecule has 1 aliphatic rings. The Labute approximate surface area is 154 Å². The van der Waals surface area contributed by atoms with E-state index in [4.69, 9.17) is 4.74 Å². The van der Waals surface area contributed by atoms with Crippen LogP contribution in [0.25, 0.3) is 0 Å². The molecule has 0 saturated carbocycles. The molecular weight excluding hydrogens is 328 g/mol. The lowest BCUT2D eigenvalue weighted by Crippen LogP contribution is -2.51. The molecule has 1 unspecified atom stereocenters. The highest BCUT2D eigenvalue weighted by Crippen LogP contribution is 2.14. The Morgan fingerprint density at radius 3 is 2.50 bits per heavy atom. The Bertz CT molecular complexity index is 698. The first-order chi connectivity index (χ1) is 12.7. The molecule has 0 radical (unpaired) electrons. The second kappa shape index (κ2) is 8.67. The van der Waals surface area contributed by atoms with Crippen LogP contribution in [0.1, 0.15) is 12.5 Å². The van der Waals surface area contributed by atoms with Gasteiger partial charge in [-0.1, -0.05) is 30.3 Å². The van der Waals surface area contributed by atoms with Crippen molar-refractivity contribution in [3.63, 3.8) is 0 Å². The smallest absolute Gasteiger partial charge is 0.244 e. The average Bonchev–Trinajstić information content (AvgIpc) is 2.69. The van der Waals surface area contributed by atoms with Crippen molar-refractivity contribution < 1.29 is 9.53 Å². The topological polar surface area (TPSA) is 57.7 Å². The largest absolute Gasteiger partial charge is 0.481 e. The quantitative estimate of drug-likeness (QED) is 0.862. The number of carbonyl (C=O) groups is 1. The van der Waals surface area contributed by atoms with E-state index in [0.29, 0.717) is 5.88 Å². The normalized spacial score (nSPS) is 16.2. The summed E-state index contributed by atoms with van der Waals surface area (Å²) in [5.41, 5.74) is 2.13. The van der Waals surface area contributed by atoms with Gasteiger partial charge in [0.15, 0.2) is 0 Å². The molecule has 1 aromatic carbocycles. The molecule has 0 aliphatic carbocycles. The van der Waals surface area contributed by atoms with E-state index in [0.717, 1.165) is 38.4 Å². The van der Waals surface area contributed by atoms with Gasteiger partial charge in [0.1, 0.15) is 6.04 Å². The zero-order valence-corrected chi connectivity index (χ0v) is 15.4. The van der Waals surface area contributed by atoms with Crippen molar-refractivity contribution in [1.29, 1.82) is 0 Å². The standard InChI is InChI=1S/C20H26N4O2/c1-16(22-18-8-9-19(26-2)21-14-18)20(25)24-12-10-23(11-13-24)15-17-6-4-3-5-7-17/h3-9,14,16,22H,10-13,15H2,1-2H3. The summed E-state index contributed by atoms with van der Waals surface area (Å²) in [6.45, 7) is 6.16. The summed E-state index contributed by atoms with van der Waals surface area (Å²) in [5, 5.41) is 3.22. The molecular formula is C20H26N4O2. The lowest BCUT2D eigenvalue weighted by Gasteiger charge is -2.36. The van der Waals surface area contributed by atoms with Gasteiger partial charge in [-0.2, -0.15) is 0 Å². The number of ether oxygens (including phenoxy) is 1. The van der Waals surface area contributed by atoms with Crippen LogP contribution < -0.4 is 10.1 Å². The van der Waals surface area contributed by atoms with Crippen LogP contribution in [0.5, 0.6) is 5.88 Å². The van der Waals surface area contributed by atoms with Crippen molar-refractivity contribution in [2.75, 3.05) is 38.6 Å². The van der Waals surface area contributed by atoms with E-state index >= 15 is 0 Å². The summed E-state index contributed by atoms with van der Waals surface area (Å²) in [7, 11) is 1.58. The highest BCUT2D eigenvalue weighted by atomic mass is 16.5. The van der Waals surface area contributed by atoms with E-state index in [-0.39, 0.29) is 11.9 Å². The van der Waals surface area contributed by atoms with Crippen molar-refractivity contribution >= 4 is 11.6 Å². The molecule has 0 bridgehead atoms. The van der Waals surface area contributed by atoms with Crippen LogP contribution >= 0.6 is 0 Å². The summed E-state index contributed by atoms with van der Waals surface area (Å²) in [6, 6.07) is 13.8. The van der Waals surface area contributed by atoms with Crippen molar-refractivity contribution in [2.24, 2.45) is 0 Å². The first kappa shape index (κ1) is 18.2. The first-order valence-corrected chi connectivity index (χ1v) is 8.97. The molecule has 3 rings (SSSR count). The van der Waals surface area contributed by atoms with E-state index < -0.39 is 0 Å². The van der Waals surface area contributed by atoms with Crippen LogP contribution in [0, 0.1) is 0 Å². The summed E-state index contributed by atoms with van der Waals surface area (Å²) in [4.78, 5) is 21.2. The van der Waals surface area contributed by atoms with Gasteiger partial charge in [-0.05, 0) is 18.6 Å². The van der Waals surface area contributed by atoms with Crippen LogP contribution in [0.2, 0.25) is 0 Å². The molecule has 1 aromatic heterocycles. The van der Waals surface area contributed by atoms with Crippen molar-refractivity contribution in [3.8, 4) is 5.88 Å². The number of amides is 1. The number of benzene rings is 1. The monoisotopic (exact) mass is 354 g/mol. The summed E-state index contributed by atoms with van der Waals surface area (Å²) in [6.07, 6.45) is 1.68. The number of carbonyl (C=O) groups excluding carboxylic acids is 1. The third-order valence-electron chi connectivity index (χ3n) is 4.63. The summed E-state index contributed by atoms with van der Waals surface area (Å²) in [5.74, 6) is 0.684. The van der Waals surface area contributed by atoms with Crippen molar-refractivity contribution in [1.82, 2.24) is 14.8 Å². The number of piperazine rings is 1. The summed E-state index contributed by atoms with van der Waals surface area (Å²) < 4.78 is 5.05. The zero-order chi connectivity index (χ0) is 18.4. The minimum atomic E-state index is -0.286. The number of pyridine rings is 1. The Morgan fingerprint density at radius 2 is 1.88 bits per heavy atom. The number of rotatable bonds is 6. The predicted octanol–water partition coefficient (Wildman–Crippen LogP) is 2.24. The Balaban J connectivity index is 1.47. The molecule has 1 aliphatic heterocycles. The summed E-state index contributed by atoms with van der Waals surface area (Å²) >= 11 is 0. The van der Waals surface area contributed by atoms with Gasteiger partial charge in [0.25, 0.3) is 0 Å². The molecule has 0 spiro atoms. The number of hydrogen-bond acceptors (Lipinski definition) is 5. The molecule has 1 saturated heterocycles. The minimum Gasteiger partial charge on any atom is -0.481 e. The fourth-order valence-corrected chi connectivity index (χ4v) is 3.14. The molecule has 1 N–H and O–H groups in total. The molecule has 6 nitrogen and oxygen atoms in total. The molecule has 138 valence electrons. The van der Waals surface area contributed by atoms with Gasteiger partial charge < -0.3 is 15.0 Å². The van der Waals surface area contributed by atoms with Crippen molar-refractivity contribution in [3.05, 3.63) is 54.2 Å². The van der Waals surface area contributed by atoms with Gasteiger partial charge in [-0.15, -0.1) is 0 Å². The Hall–Kier alpha value is -2.60. The highest BCUT2D eigenvalue weighted by Gasteiger charge is 2.24. The maximum Gasteiger partial charge on any atom is 0.244 e. The van der Waals surface area contributed by atoms with Gasteiger partial charge in [-0.25, -0.2) is 4.98 Å². The van der Waals surface area contributed by atoms with Crippen LogP contribution in [-0.2, 0) is 11.3 Å². The number of anilines is 1. The molecule has 1 amide bonds. The number of hydrogen-bond donors (Lipinski definition) is 1. The van der Waals surface area contributed by atoms with E-state index in [1.54, 1.807) is 19.4 Å². The molecule has 6 heteroatoms. The fraction of sp³-hybridized carbons (Fsp3) is 0.400. The number of nitrogens with zero attached hydrogens (tertiary/aromatic N) is 3.